The number of piperidine rings is 1. The fourth-order valence-corrected chi connectivity index (χ4v) is 4.10. The van der Waals surface area contributed by atoms with Crippen molar-refractivity contribution in [2.75, 3.05) is 19.6 Å². The van der Waals surface area contributed by atoms with Crippen LogP contribution < -0.4 is 0 Å². The number of hydrogen-bond donors (Lipinski definition) is 1. The van der Waals surface area contributed by atoms with Gasteiger partial charge in [0.15, 0.2) is 0 Å². The highest BCUT2D eigenvalue weighted by atomic mass is 32.1. The zero-order valence-electron chi connectivity index (χ0n) is 13.9. The van der Waals surface area contributed by atoms with Crippen LogP contribution in [0.15, 0.2) is 45.4 Å². The quantitative estimate of drug-likeness (QED) is 0.910. The smallest absolute Gasteiger partial charge is 0.257 e. The Labute approximate surface area is 150 Å². The van der Waals surface area contributed by atoms with Gasteiger partial charge in [-0.2, -0.15) is 5.10 Å². The van der Waals surface area contributed by atoms with Crippen LogP contribution in [0.3, 0.4) is 0 Å². The molecule has 0 radical (unpaired) electrons. The Morgan fingerprint density at radius 1 is 1.32 bits per heavy atom. The predicted molar refractivity (Wildman–Crippen MR) is 95.4 cm³/mol. The van der Waals surface area contributed by atoms with Crippen LogP contribution in [-0.4, -0.2) is 52.4 Å². The third kappa shape index (κ3) is 3.53. The number of nitrogens with zero attached hydrogens (tertiary/aromatic N) is 3. The molecule has 2 aliphatic rings. The number of amides is 1. The summed E-state index contributed by atoms with van der Waals surface area (Å²) in [5.74, 6) is 0.738. The molecular weight excluding hydrogens is 338 g/mol. The van der Waals surface area contributed by atoms with E-state index in [2.05, 4.69) is 10.0 Å². The summed E-state index contributed by atoms with van der Waals surface area (Å²) in [4.78, 5) is 16.1. The maximum atomic E-state index is 12.9. The van der Waals surface area contributed by atoms with Crippen molar-refractivity contribution in [2.45, 2.75) is 31.4 Å². The second kappa shape index (κ2) is 7.11. The summed E-state index contributed by atoms with van der Waals surface area (Å²) >= 11 is 1.63. The number of aliphatic hydroxyl groups is 1. The van der Waals surface area contributed by atoms with Gasteiger partial charge in [-0.15, -0.1) is 11.3 Å². The van der Waals surface area contributed by atoms with Gasteiger partial charge in [0.1, 0.15) is 11.8 Å². The zero-order valence-corrected chi connectivity index (χ0v) is 14.7. The van der Waals surface area contributed by atoms with Gasteiger partial charge in [0, 0.05) is 19.5 Å². The van der Waals surface area contributed by atoms with Crippen molar-refractivity contribution in [1.82, 2.24) is 9.91 Å². The summed E-state index contributed by atoms with van der Waals surface area (Å²) in [6, 6.07) is 7.58. The summed E-state index contributed by atoms with van der Waals surface area (Å²) in [6.07, 6.45) is 3.50. The molecule has 1 amide bonds. The van der Waals surface area contributed by atoms with Gasteiger partial charge >= 0.3 is 0 Å². The van der Waals surface area contributed by atoms with E-state index in [4.69, 9.17) is 4.42 Å². The molecular formula is C18H21N3O3S. The van der Waals surface area contributed by atoms with E-state index in [0.717, 1.165) is 42.3 Å². The van der Waals surface area contributed by atoms with Crippen molar-refractivity contribution in [3.8, 4) is 0 Å². The van der Waals surface area contributed by atoms with Crippen LogP contribution in [0.4, 0.5) is 0 Å². The van der Waals surface area contributed by atoms with Crippen molar-refractivity contribution >= 4 is 23.0 Å². The summed E-state index contributed by atoms with van der Waals surface area (Å²) < 4.78 is 5.56. The Balaban J connectivity index is 1.52. The molecule has 1 atom stereocenters. The Morgan fingerprint density at radius 3 is 2.84 bits per heavy atom. The van der Waals surface area contributed by atoms with Crippen LogP contribution in [-0.2, 0) is 4.79 Å². The first-order chi connectivity index (χ1) is 12.2. The number of hydrazone groups is 1. The number of carbonyl (C=O) groups is 1. The van der Waals surface area contributed by atoms with Gasteiger partial charge in [-0.1, -0.05) is 6.07 Å². The van der Waals surface area contributed by atoms with E-state index < -0.39 is 0 Å². The average Bonchev–Trinajstić information content (AvgIpc) is 3.36. The molecule has 7 heteroatoms. The fraction of sp³-hybridized carbons (Fsp3) is 0.444. The lowest BCUT2D eigenvalue weighted by Gasteiger charge is -2.30. The SMILES string of the molecule is O=C(CN1CCC(O)CC1)N1N=C(c2cccs2)C[C@@H]1c1ccco1. The summed E-state index contributed by atoms with van der Waals surface area (Å²) in [5.41, 5.74) is 0.929. The molecule has 4 rings (SSSR count). The van der Waals surface area contributed by atoms with Crippen molar-refractivity contribution < 1.29 is 14.3 Å². The Kier molecular flexibility index (Phi) is 4.70. The van der Waals surface area contributed by atoms with Gasteiger partial charge in [0.2, 0.25) is 0 Å². The van der Waals surface area contributed by atoms with Crippen LogP contribution in [0.5, 0.6) is 0 Å². The maximum absolute atomic E-state index is 12.9. The second-order valence-electron chi connectivity index (χ2n) is 6.50. The molecule has 2 aromatic rings. The molecule has 2 aromatic heterocycles. The summed E-state index contributed by atoms with van der Waals surface area (Å²) in [5, 5.41) is 17.8. The summed E-state index contributed by atoms with van der Waals surface area (Å²) in [7, 11) is 0. The minimum Gasteiger partial charge on any atom is -0.467 e. The highest BCUT2D eigenvalue weighted by Crippen LogP contribution is 2.34. The molecule has 4 heterocycles. The molecule has 1 saturated heterocycles. The minimum absolute atomic E-state index is 0.0238. The summed E-state index contributed by atoms with van der Waals surface area (Å²) in [6.45, 7) is 1.81. The molecule has 2 aliphatic heterocycles. The van der Waals surface area contributed by atoms with Gasteiger partial charge in [-0.25, -0.2) is 5.01 Å². The average molecular weight is 359 g/mol. The third-order valence-corrected chi connectivity index (χ3v) is 5.68. The van der Waals surface area contributed by atoms with Crippen LogP contribution in [0, 0.1) is 0 Å². The largest absolute Gasteiger partial charge is 0.467 e. The molecule has 1 N–H and O–H groups in total. The molecule has 0 aliphatic carbocycles. The normalized spacial score (nSPS) is 22.4. The van der Waals surface area contributed by atoms with E-state index in [1.807, 2.05) is 29.6 Å². The standard InChI is InChI=1S/C18H21N3O3S/c22-13-5-7-20(8-6-13)12-18(23)21-15(16-3-1-9-24-16)11-14(19-21)17-4-2-10-25-17/h1-4,9-10,13,15,22H,5-8,11-12H2/t15-/m1/s1. The number of carbonyl (C=O) groups excluding carboxylic acids is 1. The molecule has 0 unspecified atom stereocenters. The first-order valence-corrected chi connectivity index (χ1v) is 9.46. The Hall–Kier alpha value is -1.96. The van der Waals surface area contributed by atoms with Crippen molar-refractivity contribution in [3.63, 3.8) is 0 Å². The third-order valence-electron chi connectivity index (χ3n) is 4.76. The Morgan fingerprint density at radius 2 is 2.16 bits per heavy atom. The van der Waals surface area contributed by atoms with Gasteiger partial charge in [-0.3, -0.25) is 9.69 Å². The first-order valence-electron chi connectivity index (χ1n) is 8.58. The minimum atomic E-state index is -0.238. The highest BCUT2D eigenvalue weighted by Gasteiger charge is 2.35. The van der Waals surface area contributed by atoms with E-state index in [-0.39, 0.29) is 18.1 Å². The van der Waals surface area contributed by atoms with Crippen LogP contribution >= 0.6 is 11.3 Å². The number of likely N-dealkylation sites (tertiary alicyclic amines) is 1. The van der Waals surface area contributed by atoms with E-state index in [0.29, 0.717) is 13.0 Å². The zero-order chi connectivity index (χ0) is 17.2. The molecule has 6 nitrogen and oxygen atoms in total. The number of thiophene rings is 1. The molecule has 132 valence electrons. The molecule has 25 heavy (non-hydrogen) atoms. The fourth-order valence-electron chi connectivity index (χ4n) is 3.38. The number of rotatable bonds is 4. The molecule has 1 fully saturated rings. The van der Waals surface area contributed by atoms with E-state index in [1.54, 1.807) is 22.6 Å². The number of furan rings is 1. The van der Waals surface area contributed by atoms with E-state index >= 15 is 0 Å². The van der Waals surface area contributed by atoms with Crippen molar-refractivity contribution in [3.05, 3.63) is 46.5 Å². The van der Waals surface area contributed by atoms with Crippen molar-refractivity contribution in [1.29, 1.82) is 0 Å². The Bertz CT molecular complexity index is 734. The van der Waals surface area contributed by atoms with E-state index in [9.17, 15) is 9.90 Å². The van der Waals surface area contributed by atoms with Crippen molar-refractivity contribution in [2.24, 2.45) is 5.10 Å². The number of aliphatic hydroxyl groups excluding tert-OH is 1. The van der Waals surface area contributed by atoms with Crippen LogP contribution in [0.2, 0.25) is 0 Å². The maximum Gasteiger partial charge on any atom is 0.257 e. The molecule has 0 aromatic carbocycles. The lowest BCUT2D eigenvalue weighted by Crippen LogP contribution is -2.43. The predicted octanol–water partition coefficient (Wildman–Crippen LogP) is 2.48. The highest BCUT2D eigenvalue weighted by molar-refractivity contribution is 7.12. The second-order valence-corrected chi connectivity index (χ2v) is 7.45. The number of hydrogen-bond acceptors (Lipinski definition) is 6. The first kappa shape index (κ1) is 16.5. The van der Waals surface area contributed by atoms with Gasteiger partial charge in [-0.05, 0) is 36.4 Å². The van der Waals surface area contributed by atoms with Crippen LogP contribution in [0.25, 0.3) is 0 Å². The van der Waals surface area contributed by atoms with Crippen LogP contribution in [0.1, 0.15) is 35.9 Å². The molecule has 0 bridgehead atoms. The van der Waals surface area contributed by atoms with Gasteiger partial charge < -0.3 is 9.52 Å². The lowest BCUT2D eigenvalue weighted by atomic mass is 10.1. The monoisotopic (exact) mass is 359 g/mol. The molecule has 0 saturated carbocycles. The molecule has 0 spiro atoms. The van der Waals surface area contributed by atoms with Gasteiger partial charge in [0.25, 0.3) is 5.91 Å². The topological polar surface area (TPSA) is 69.3 Å². The lowest BCUT2D eigenvalue weighted by molar-refractivity contribution is -0.135. The van der Waals surface area contributed by atoms with E-state index in [1.165, 1.54) is 0 Å². The van der Waals surface area contributed by atoms with Gasteiger partial charge in [0.05, 0.1) is 29.5 Å².